The molecule has 3 aromatic carbocycles. The molecule has 132 valence electrons. The molecule has 0 aliphatic carbocycles. The Bertz CT molecular complexity index is 973. The molecular weight excluding hydrogens is 355 g/mol. The maximum absolute atomic E-state index is 13.9. The first-order chi connectivity index (χ1) is 12.5. The van der Waals surface area contributed by atoms with Crippen molar-refractivity contribution in [1.29, 1.82) is 0 Å². The highest BCUT2D eigenvalue weighted by molar-refractivity contribution is 6.30. The lowest BCUT2D eigenvalue weighted by atomic mass is 9.90. The van der Waals surface area contributed by atoms with Crippen molar-refractivity contribution < 1.29 is 19.3 Å². The third-order valence-corrected chi connectivity index (χ3v) is 4.79. The molecule has 0 saturated heterocycles. The van der Waals surface area contributed by atoms with Gasteiger partial charge in [0.15, 0.2) is 0 Å². The number of phenols is 1. The number of hydrogen-bond donors (Lipinski definition) is 2. The van der Waals surface area contributed by atoms with Gasteiger partial charge in [-0.2, -0.15) is 0 Å². The van der Waals surface area contributed by atoms with E-state index in [-0.39, 0.29) is 11.6 Å². The number of aliphatic hydroxyl groups excluding tert-OH is 1. The van der Waals surface area contributed by atoms with Crippen molar-refractivity contribution in [3.05, 3.63) is 82.6 Å². The van der Waals surface area contributed by atoms with Crippen LogP contribution in [0.15, 0.2) is 60.7 Å². The highest BCUT2D eigenvalue weighted by Gasteiger charge is 2.30. The molecule has 0 fully saturated rings. The van der Waals surface area contributed by atoms with Gasteiger partial charge < -0.3 is 14.9 Å². The zero-order valence-electron chi connectivity index (χ0n) is 13.7. The summed E-state index contributed by atoms with van der Waals surface area (Å²) in [5, 5.41) is 20.7. The maximum atomic E-state index is 13.9. The number of halogens is 2. The van der Waals surface area contributed by atoms with Crippen molar-refractivity contribution >= 4 is 11.6 Å². The van der Waals surface area contributed by atoms with Crippen molar-refractivity contribution in [3.63, 3.8) is 0 Å². The zero-order chi connectivity index (χ0) is 18.3. The van der Waals surface area contributed by atoms with Crippen LogP contribution in [0, 0.1) is 5.82 Å². The van der Waals surface area contributed by atoms with E-state index in [0.29, 0.717) is 28.3 Å². The minimum atomic E-state index is -0.784. The number of rotatable bonds is 2. The summed E-state index contributed by atoms with van der Waals surface area (Å²) in [6, 6.07) is 16.3. The van der Waals surface area contributed by atoms with Crippen LogP contribution in [0.5, 0.6) is 11.5 Å². The van der Waals surface area contributed by atoms with Crippen LogP contribution in [0.1, 0.15) is 29.8 Å². The van der Waals surface area contributed by atoms with Gasteiger partial charge in [-0.3, -0.25) is 0 Å². The number of aliphatic hydroxyl groups is 1. The van der Waals surface area contributed by atoms with Crippen LogP contribution in [0.2, 0.25) is 5.02 Å². The SMILES string of the molecule is Oc1ccc2c(c1)C(O)CC(c1ccc(F)cc1-c1cccc(Cl)c1)O2. The first-order valence-electron chi connectivity index (χ1n) is 8.24. The van der Waals surface area contributed by atoms with Crippen LogP contribution in [-0.4, -0.2) is 10.2 Å². The van der Waals surface area contributed by atoms with E-state index >= 15 is 0 Å². The van der Waals surface area contributed by atoms with E-state index in [1.54, 1.807) is 30.3 Å². The topological polar surface area (TPSA) is 49.7 Å². The summed E-state index contributed by atoms with van der Waals surface area (Å²) in [6.07, 6.45) is -0.930. The molecule has 0 radical (unpaired) electrons. The van der Waals surface area contributed by atoms with Crippen molar-refractivity contribution in [2.24, 2.45) is 0 Å². The van der Waals surface area contributed by atoms with Gasteiger partial charge in [-0.1, -0.05) is 29.8 Å². The molecule has 0 spiro atoms. The van der Waals surface area contributed by atoms with Crippen molar-refractivity contribution in [1.82, 2.24) is 0 Å². The molecule has 0 bridgehead atoms. The number of benzene rings is 3. The lowest BCUT2D eigenvalue weighted by Gasteiger charge is -2.31. The Morgan fingerprint density at radius 2 is 1.85 bits per heavy atom. The molecule has 3 aromatic rings. The molecule has 1 aliphatic heterocycles. The monoisotopic (exact) mass is 370 g/mol. The quantitative estimate of drug-likeness (QED) is 0.634. The lowest BCUT2D eigenvalue weighted by molar-refractivity contribution is 0.0657. The van der Waals surface area contributed by atoms with Gasteiger partial charge in [0.05, 0.1) is 6.10 Å². The first-order valence-corrected chi connectivity index (χ1v) is 8.62. The molecule has 0 saturated carbocycles. The van der Waals surface area contributed by atoms with Crippen LogP contribution in [0.4, 0.5) is 4.39 Å². The molecule has 3 nitrogen and oxygen atoms in total. The second-order valence-corrected chi connectivity index (χ2v) is 6.76. The second kappa shape index (κ2) is 6.63. The Morgan fingerprint density at radius 1 is 1.00 bits per heavy atom. The van der Waals surface area contributed by atoms with Crippen LogP contribution in [0.3, 0.4) is 0 Å². The number of aromatic hydroxyl groups is 1. The van der Waals surface area contributed by atoms with Crippen molar-refractivity contribution in [2.45, 2.75) is 18.6 Å². The molecule has 1 aliphatic rings. The van der Waals surface area contributed by atoms with Crippen molar-refractivity contribution in [2.75, 3.05) is 0 Å². The normalized spacial score (nSPS) is 18.9. The van der Waals surface area contributed by atoms with Crippen LogP contribution < -0.4 is 4.74 Å². The summed E-state index contributed by atoms with van der Waals surface area (Å²) in [5.74, 6) is 0.226. The van der Waals surface area contributed by atoms with E-state index in [2.05, 4.69) is 0 Å². The fourth-order valence-corrected chi connectivity index (χ4v) is 3.53. The summed E-state index contributed by atoms with van der Waals surface area (Å²) < 4.78 is 20.0. The molecule has 2 unspecified atom stereocenters. The van der Waals surface area contributed by atoms with Gasteiger partial charge in [0.2, 0.25) is 0 Å². The summed E-state index contributed by atoms with van der Waals surface area (Å²) in [7, 11) is 0. The Hall–Kier alpha value is -2.56. The molecule has 0 aromatic heterocycles. The minimum absolute atomic E-state index is 0.0752. The van der Waals surface area contributed by atoms with Gasteiger partial charge in [-0.25, -0.2) is 4.39 Å². The van der Waals surface area contributed by atoms with Crippen LogP contribution in [-0.2, 0) is 0 Å². The van der Waals surface area contributed by atoms with E-state index in [9.17, 15) is 14.6 Å². The summed E-state index contributed by atoms with van der Waals surface area (Å²) in [6.45, 7) is 0. The largest absolute Gasteiger partial charge is 0.508 e. The Balaban J connectivity index is 1.78. The van der Waals surface area contributed by atoms with Gasteiger partial charge in [0, 0.05) is 22.6 Å². The van der Waals surface area contributed by atoms with E-state index in [1.165, 1.54) is 24.3 Å². The van der Waals surface area contributed by atoms with E-state index in [4.69, 9.17) is 16.3 Å². The Kier molecular flexibility index (Phi) is 4.31. The Morgan fingerprint density at radius 3 is 2.65 bits per heavy atom. The lowest BCUT2D eigenvalue weighted by Crippen LogP contribution is -2.19. The van der Waals surface area contributed by atoms with Gasteiger partial charge in [-0.05, 0) is 53.6 Å². The summed E-state index contributed by atoms with van der Waals surface area (Å²) >= 11 is 6.09. The average Bonchev–Trinajstić information content (AvgIpc) is 2.62. The maximum Gasteiger partial charge on any atom is 0.127 e. The van der Waals surface area contributed by atoms with E-state index < -0.39 is 12.2 Å². The van der Waals surface area contributed by atoms with Gasteiger partial charge in [0.1, 0.15) is 23.4 Å². The predicted octanol–water partition coefficient (Wildman–Crippen LogP) is 5.41. The predicted molar refractivity (Wildman–Crippen MR) is 97.9 cm³/mol. The first kappa shape index (κ1) is 16.9. The summed E-state index contributed by atoms with van der Waals surface area (Å²) in [5.41, 5.74) is 2.77. The zero-order valence-corrected chi connectivity index (χ0v) is 14.4. The fraction of sp³-hybridized carbons (Fsp3) is 0.143. The number of phenolic OH excluding ortho intramolecular Hbond substituents is 1. The van der Waals surface area contributed by atoms with E-state index in [1.807, 2.05) is 6.07 Å². The van der Waals surface area contributed by atoms with Crippen molar-refractivity contribution in [3.8, 4) is 22.6 Å². The van der Waals surface area contributed by atoms with Gasteiger partial charge >= 0.3 is 0 Å². The minimum Gasteiger partial charge on any atom is -0.508 e. The molecule has 26 heavy (non-hydrogen) atoms. The standard InChI is InChI=1S/C21H16ClFO3/c22-13-3-1-2-12(8-13)17-9-14(23)4-6-16(17)21-11-19(25)18-10-15(24)5-7-20(18)26-21/h1-10,19,21,24-25H,11H2. The molecule has 5 heteroatoms. The molecule has 2 N–H and O–H groups in total. The number of hydrogen-bond acceptors (Lipinski definition) is 3. The second-order valence-electron chi connectivity index (χ2n) is 6.32. The van der Waals surface area contributed by atoms with Gasteiger partial charge in [0.25, 0.3) is 0 Å². The number of ether oxygens (including phenoxy) is 1. The average molecular weight is 371 g/mol. The highest BCUT2D eigenvalue weighted by atomic mass is 35.5. The van der Waals surface area contributed by atoms with E-state index in [0.717, 1.165) is 11.1 Å². The fourth-order valence-electron chi connectivity index (χ4n) is 3.34. The molecular formula is C21H16ClFO3. The third kappa shape index (κ3) is 3.14. The molecule has 0 amide bonds. The highest BCUT2D eigenvalue weighted by Crippen LogP contribution is 2.44. The summed E-state index contributed by atoms with van der Waals surface area (Å²) in [4.78, 5) is 0. The van der Waals surface area contributed by atoms with Crippen LogP contribution >= 0.6 is 11.6 Å². The van der Waals surface area contributed by atoms with Gasteiger partial charge in [-0.15, -0.1) is 0 Å². The third-order valence-electron chi connectivity index (χ3n) is 4.56. The molecule has 1 heterocycles. The molecule has 4 rings (SSSR count). The number of fused-ring (bicyclic) bond motifs is 1. The molecule has 2 atom stereocenters. The van der Waals surface area contributed by atoms with Crippen LogP contribution in [0.25, 0.3) is 11.1 Å². The smallest absolute Gasteiger partial charge is 0.127 e. The Labute approximate surface area is 155 Å².